The summed E-state index contributed by atoms with van der Waals surface area (Å²) in [5, 5.41) is -0.622. The highest BCUT2D eigenvalue weighted by molar-refractivity contribution is 6.30. The van der Waals surface area contributed by atoms with Crippen molar-refractivity contribution in [2.45, 2.75) is 50.9 Å². The van der Waals surface area contributed by atoms with Crippen molar-refractivity contribution in [1.29, 1.82) is 0 Å². The number of rotatable bonds is 3. The zero-order valence-corrected chi connectivity index (χ0v) is 12.4. The van der Waals surface area contributed by atoms with Gasteiger partial charge in [-0.3, -0.25) is 4.79 Å². The number of likely N-dealkylation sites (tertiary alicyclic amines) is 1. The van der Waals surface area contributed by atoms with Crippen LogP contribution in [-0.2, 0) is 4.79 Å². The highest BCUT2D eigenvalue weighted by Crippen LogP contribution is 2.26. The molecule has 19 heavy (non-hydrogen) atoms. The predicted octanol–water partition coefficient (Wildman–Crippen LogP) is 3.15. The van der Waals surface area contributed by atoms with Gasteiger partial charge in [0.25, 0.3) is 0 Å². The molecule has 0 aliphatic carbocycles. The fraction of sp³-hybridized carbons (Fsp3) is 0.714. The van der Waals surface area contributed by atoms with Crippen LogP contribution < -0.4 is 0 Å². The van der Waals surface area contributed by atoms with Gasteiger partial charge >= 0.3 is 0 Å². The Balaban J connectivity index is 2.11. The van der Waals surface area contributed by atoms with Gasteiger partial charge in [0.2, 0.25) is 5.91 Å². The van der Waals surface area contributed by atoms with Gasteiger partial charge in [0, 0.05) is 19.1 Å². The molecule has 1 aromatic heterocycles. The number of imidazole rings is 1. The second-order valence-electron chi connectivity index (χ2n) is 5.42. The number of alkyl halides is 1. The second kappa shape index (κ2) is 6.42. The average molecular weight is 284 g/mol. The third kappa shape index (κ3) is 3.30. The fourth-order valence-electron chi connectivity index (χ4n) is 2.52. The lowest BCUT2D eigenvalue weighted by Gasteiger charge is -2.24. The summed E-state index contributed by atoms with van der Waals surface area (Å²) >= 11 is 6.38. The molecule has 1 fully saturated rings. The summed E-state index contributed by atoms with van der Waals surface area (Å²) in [6.45, 7) is 5.78. The van der Waals surface area contributed by atoms with Crippen molar-refractivity contribution in [2.24, 2.45) is 0 Å². The van der Waals surface area contributed by atoms with Gasteiger partial charge in [-0.2, -0.15) is 0 Å². The number of carbonyl (C=O) groups is 1. The van der Waals surface area contributed by atoms with E-state index >= 15 is 0 Å². The van der Waals surface area contributed by atoms with E-state index in [0.717, 1.165) is 31.6 Å². The van der Waals surface area contributed by atoms with Gasteiger partial charge in [0.05, 0.1) is 18.2 Å². The van der Waals surface area contributed by atoms with Gasteiger partial charge in [-0.1, -0.05) is 12.8 Å². The molecule has 1 aromatic rings. The summed E-state index contributed by atoms with van der Waals surface area (Å²) in [6.07, 6.45) is 8.03. The molecule has 0 spiro atoms. The van der Waals surface area contributed by atoms with Gasteiger partial charge < -0.3 is 9.47 Å². The third-order valence-corrected chi connectivity index (χ3v) is 4.06. The Bertz CT molecular complexity index is 422. The molecule has 1 amide bonds. The van der Waals surface area contributed by atoms with Crippen LogP contribution in [0.3, 0.4) is 0 Å². The summed E-state index contributed by atoms with van der Waals surface area (Å²) in [6, 6.07) is 0.260. The van der Waals surface area contributed by atoms with Crippen molar-refractivity contribution in [3.8, 4) is 0 Å². The van der Waals surface area contributed by atoms with Crippen LogP contribution in [0.5, 0.6) is 0 Å². The van der Waals surface area contributed by atoms with Gasteiger partial charge in [0.1, 0.15) is 0 Å². The van der Waals surface area contributed by atoms with Crippen molar-refractivity contribution in [2.75, 3.05) is 13.1 Å². The molecule has 0 radical (unpaired) electrons. The molecule has 0 saturated carbocycles. The first-order valence-corrected chi connectivity index (χ1v) is 7.49. The molecule has 1 unspecified atom stereocenters. The third-order valence-electron chi connectivity index (χ3n) is 3.65. The Morgan fingerprint density at radius 2 is 1.89 bits per heavy atom. The summed E-state index contributed by atoms with van der Waals surface area (Å²) < 4.78 is 1.97. The predicted molar refractivity (Wildman–Crippen MR) is 76.3 cm³/mol. The van der Waals surface area contributed by atoms with Gasteiger partial charge in [-0.15, -0.1) is 11.6 Å². The lowest BCUT2D eigenvalue weighted by Crippen LogP contribution is -2.35. The minimum absolute atomic E-state index is 0.0194. The van der Waals surface area contributed by atoms with Crippen LogP contribution in [0.15, 0.2) is 12.5 Å². The molecule has 0 bridgehead atoms. The number of amides is 1. The van der Waals surface area contributed by atoms with E-state index in [-0.39, 0.29) is 11.9 Å². The normalized spacial score (nSPS) is 18.4. The topological polar surface area (TPSA) is 38.1 Å². The maximum Gasteiger partial charge on any atom is 0.246 e. The van der Waals surface area contributed by atoms with Crippen molar-refractivity contribution in [3.63, 3.8) is 0 Å². The van der Waals surface area contributed by atoms with E-state index in [1.54, 1.807) is 12.5 Å². The lowest BCUT2D eigenvalue weighted by atomic mass is 10.2. The molecule has 1 saturated heterocycles. The van der Waals surface area contributed by atoms with Gasteiger partial charge in [-0.05, 0) is 26.7 Å². The minimum Gasteiger partial charge on any atom is -0.341 e. The summed E-state index contributed by atoms with van der Waals surface area (Å²) in [7, 11) is 0. The monoisotopic (exact) mass is 283 g/mol. The second-order valence-corrected chi connectivity index (χ2v) is 5.86. The van der Waals surface area contributed by atoms with Gasteiger partial charge in [0.15, 0.2) is 5.38 Å². The zero-order chi connectivity index (χ0) is 13.8. The Labute approximate surface area is 119 Å². The van der Waals surface area contributed by atoms with Crippen LogP contribution in [0.4, 0.5) is 0 Å². The number of carbonyl (C=O) groups excluding carboxylic acids is 1. The summed E-state index contributed by atoms with van der Waals surface area (Å²) in [5.41, 5.74) is 0.797. The Hall–Kier alpha value is -1.03. The molecule has 0 N–H and O–H groups in total. The number of hydrogen-bond acceptors (Lipinski definition) is 2. The number of nitrogens with zero attached hydrogens (tertiary/aromatic N) is 3. The maximum atomic E-state index is 12.5. The SMILES string of the molecule is CC(C)n1cncc1C(Cl)C(=O)N1CCCCCC1. The molecular weight excluding hydrogens is 262 g/mol. The van der Waals surface area contributed by atoms with Crippen LogP contribution in [0.25, 0.3) is 0 Å². The van der Waals surface area contributed by atoms with E-state index in [2.05, 4.69) is 18.8 Å². The molecular formula is C14H22ClN3O. The first-order valence-electron chi connectivity index (χ1n) is 7.06. The first kappa shape index (κ1) is 14.4. The van der Waals surface area contributed by atoms with Crippen LogP contribution >= 0.6 is 11.6 Å². The standard InChI is InChI=1S/C14H22ClN3O/c1-11(2)18-10-16-9-12(18)13(15)14(19)17-7-5-3-4-6-8-17/h9-11,13H,3-8H2,1-2H3. The van der Waals surface area contributed by atoms with Crippen molar-refractivity contribution in [1.82, 2.24) is 14.5 Å². The minimum atomic E-state index is -0.622. The Morgan fingerprint density at radius 1 is 1.26 bits per heavy atom. The zero-order valence-electron chi connectivity index (χ0n) is 11.7. The number of hydrogen-bond donors (Lipinski definition) is 0. The molecule has 106 valence electrons. The molecule has 5 heteroatoms. The van der Waals surface area contributed by atoms with Crippen LogP contribution in [0.1, 0.15) is 56.6 Å². The Morgan fingerprint density at radius 3 is 2.47 bits per heavy atom. The maximum absolute atomic E-state index is 12.5. The van der Waals surface area contributed by atoms with Crippen molar-refractivity contribution >= 4 is 17.5 Å². The molecule has 2 rings (SSSR count). The number of aromatic nitrogens is 2. The van der Waals surface area contributed by atoms with E-state index in [4.69, 9.17) is 11.6 Å². The van der Waals surface area contributed by atoms with Crippen LogP contribution in [-0.4, -0.2) is 33.4 Å². The van der Waals surface area contributed by atoms with Crippen molar-refractivity contribution in [3.05, 3.63) is 18.2 Å². The van der Waals surface area contributed by atoms with Crippen molar-refractivity contribution < 1.29 is 4.79 Å². The largest absolute Gasteiger partial charge is 0.341 e. The molecule has 4 nitrogen and oxygen atoms in total. The summed E-state index contributed by atoms with van der Waals surface area (Å²) in [5.74, 6) is 0.0194. The highest BCUT2D eigenvalue weighted by atomic mass is 35.5. The molecule has 1 aliphatic heterocycles. The summed E-state index contributed by atoms with van der Waals surface area (Å²) in [4.78, 5) is 18.5. The smallest absolute Gasteiger partial charge is 0.246 e. The van der Waals surface area contributed by atoms with E-state index in [1.807, 2.05) is 9.47 Å². The highest BCUT2D eigenvalue weighted by Gasteiger charge is 2.27. The Kier molecular flexibility index (Phi) is 4.86. The number of halogens is 1. The van der Waals surface area contributed by atoms with Crippen LogP contribution in [0, 0.1) is 0 Å². The fourth-order valence-corrected chi connectivity index (χ4v) is 2.83. The van der Waals surface area contributed by atoms with E-state index in [0.29, 0.717) is 0 Å². The molecule has 1 aliphatic rings. The molecule has 2 heterocycles. The van der Waals surface area contributed by atoms with Gasteiger partial charge in [-0.25, -0.2) is 4.98 Å². The lowest BCUT2D eigenvalue weighted by molar-refractivity contribution is -0.131. The molecule has 1 atom stereocenters. The molecule has 0 aromatic carbocycles. The first-order chi connectivity index (χ1) is 9.11. The van der Waals surface area contributed by atoms with Crippen LogP contribution in [0.2, 0.25) is 0 Å². The average Bonchev–Trinajstić information content (AvgIpc) is 2.73. The van der Waals surface area contributed by atoms with E-state index < -0.39 is 5.38 Å². The van der Waals surface area contributed by atoms with E-state index in [9.17, 15) is 4.79 Å². The van der Waals surface area contributed by atoms with E-state index in [1.165, 1.54) is 12.8 Å². The quantitative estimate of drug-likeness (QED) is 0.799.